The topological polar surface area (TPSA) is 190 Å². The van der Waals surface area contributed by atoms with Gasteiger partial charge in [0.15, 0.2) is 5.78 Å². The summed E-state index contributed by atoms with van der Waals surface area (Å²) in [5.41, 5.74) is -3.88. The van der Waals surface area contributed by atoms with E-state index in [-0.39, 0.29) is 43.8 Å². The number of hydrogen-bond donors (Lipinski definition) is 1. The number of halogens is 3. The molecule has 7 atom stereocenters. The minimum absolute atomic E-state index is 0.0359. The summed E-state index contributed by atoms with van der Waals surface area (Å²) in [6.45, 7) is 4.66. The SMILES string of the molecule is COC[C@@H]1C[C@@H](C)CC/C=C\[C@@H]2C[C@@]2(C(=O)NS(=O)(=O)C2(C)CC2)CC(=O)[C@@H]2C[C@@H](Oc3nc(OC)c4c(OC)cccc4n3)CN2C(=O)[C@H]1CC(=O)OC(C)(C)C(F)(F)F. The number of rotatable bonds is 12. The lowest BCUT2D eigenvalue weighted by Gasteiger charge is -2.34. The summed E-state index contributed by atoms with van der Waals surface area (Å²) < 4.78 is 97.1. The molecule has 3 fully saturated rings. The van der Waals surface area contributed by atoms with E-state index in [0.717, 1.165) is 13.8 Å². The van der Waals surface area contributed by atoms with Gasteiger partial charge in [-0.15, -0.1) is 0 Å². The molecule has 19 heteroatoms. The second kappa shape index (κ2) is 17.3. The normalized spacial score (nSPS) is 28.7. The van der Waals surface area contributed by atoms with Crippen LogP contribution in [0.2, 0.25) is 0 Å². The van der Waals surface area contributed by atoms with Crippen LogP contribution < -0.4 is 18.9 Å². The first-order chi connectivity index (χ1) is 28.6. The molecule has 4 aliphatic rings. The molecule has 15 nitrogen and oxygen atoms in total. The molecule has 1 saturated heterocycles. The summed E-state index contributed by atoms with van der Waals surface area (Å²) in [5, 5.41) is 0.473. The Kier molecular flexibility index (Phi) is 13.1. The van der Waals surface area contributed by atoms with Crippen LogP contribution in [0.15, 0.2) is 30.4 Å². The summed E-state index contributed by atoms with van der Waals surface area (Å²) >= 11 is 0. The van der Waals surface area contributed by atoms with Crippen molar-refractivity contribution >= 4 is 44.5 Å². The largest absolute Gasteiger partial charge is 0.496 e. The number of alkyl halides is 3. The third-order valence-corrected chi connectivity index (χ3v) is 14.9. The molecular formula is C42H55F3N4O11S. The van der Waals surface area contributed by atoms with E-state index in [4.69, 9.17) is 23.7 Å². The second-order valence-corrected chi connectivity index (χ2v) is 19.9. The lowest BCUT2D eigenvalue weighted by molar-refractivity contribution is -0.257. The number of carbonyl (C=O) groups is 4. The van der Waals surface area contributed by atoms with Gasteiger partial charge < -0.3 is 28.6 Å². The van der Waals surface area contributed by atoms with Crippen molar-refractivity contribution in [2.75, 3.05) is 34.5 Å². The van der Waals surface area contributed by atoms with Crippen molar-refractivity contribution in [2.45, 2.75) is 114 Å². The van der Waals surface area contributed by atoms with Crippen LogP contribution in [-0.4, -0.2) is 110 Å². The fourth-order valence-corrected chi connectivity index (χ4v) is 9.80. The number of sulfonamides is 1. The number of methoxy groups -OCH3 is 3. The van der Waals surface area contributed by atoms with Crippen molar-refractivity contribution in [1.29, 1.82) is 0 Å². The van der Waals surface area contributed by atoms with Crippen molar-refractivity contribution in [3.8, 4) is 17.6 Å². The number of nitrogens with one attached hydrogen (secondary N) is 1. The monoisotopic (exact) mass is 880 g/mol. The number of benzene rings is 1. The van der Waals surface area contributed by atoms with Crippen LogP contribution in [0.3, 0.4) is 0 Å². The Balaban J connectivity index is 1.39. The smallest absolute Gasteiger partial charge is 0.427 e. The first-order valence-electron chi connectivity index (χ1n) is 20.5. The molecule has 61 heavy (non-hydrogen) atoms. The van der Waals surface area contributed by atoms with E-state index in [2.05, 4.69) is 14.7 Å². The highest BCUT2D eigenvalue weighted by molar-refractivity contribution is 7.91. The van der Waals surface area contributed by atoms with Gasteiger partial charge in [0.25, 0.3) is 0 Å². The van der Waals surface area contributed by atoms with Crippen LogP contribution in [0.25, 0.3) is 10.9 Å². The minimum Gasteiger partial charge on any atom is -0.496 e. The molecule has 336 valence electrons. The number of carbonyl (C=O) groups excluding carboxylic acids is 4. The Bertz CT molecular complexity index is 2160. The summed E-state index contributed by atoms with van der Waals surface area (Å²) in [4.78, 5) is 67.4. The van der Waals surface area contributed by atoms with Crippen molar-refractivity contribution in [3.05, 3.63) is 30.4 Å². The molecule has 0 radical (unpaired) electrons. The summed E-state index contributed by atoms with van der Waals surface area (Å²) in [5.74, 6) is -5.30. The Labute approximate surface area is 353 Å². The zero-order chi connectivity index (χ0) is 44.7. The quantitative estimate of drug-likeness (QED) is 0.208. The van der Waals surface area contributed by atoms with Crippen LogP contribution in [0, 0.1) is 29.1 Å². The molecule has 2 aromatic rings. The lowest BCUT2D eigenvalue weighted by atomic mass is 9.81. The molecule has 0 bridgehead atoms. The molecule has 2 aliphatic heterocycles. The molecule has 3 heterocycles. The summed E-state index contributed by atoms with van der Waals surface area (Å²) in [6.07, 6.45) is -0.970. The molecule has 0 spiro atoms. The first-order valence-corrected chi connectivity index (χ1v) is 22.0. The van der Waals surface area contributed by atoms with Crippen molar-refractivity contribution in [1.82, 2.24) is 19.6 Å². The first kappa shape index (κ1) is 46.0. The number of esters is 1. The number of allylic oxidation sites excluding steroid dienone is 2. The number of aromatic nitrogens is 2. The number of Topliss-reactive ketones (excluding diaryl/α,β-unsaturated/α-hetero) is 1. The van der Waals surface area contributed by atoms with Crippen LogP contribution in [-0.2, 0) is 38.7 Å². The molecule has 2 aliphatic carbocycles. The Morgan fingerprint density at radius 2 is 1.77 bits per heavy atom. The maximum Gasteiger partial charge on any atom is 0.427 e. The number of hydrogen-bond acceptors (Lipinski definition) is 13. The molecular weight excluding hydrogens is 826 g/mol. The molecule has 6 rings (SSSR count). The summed E-state index contributed by atoms with van der Waals surface area (Å²) in [7, 11) is 0.235. The highest BCUT2D eigenvalue weighted by Gasteiger charge is 2.63. The van der Waals surface area contributed by atoms with Gasteiger partial charge in [-0.3, -0.25) is 23.9 Å². The highest BCUT2D eigenvalue weighted by atomic mass is 32.2. The van der Waals surface area contributed by atoms with E-state index in [1.807, 2.05) is 19.1 Å². The average molecular weight is 881 g/mol. The van der Waals surface area contributed by atoms with Gasteiger partial charge in [0.05, 0.1) is 54.8 Å². The van der Waals surface area contributed by atoms with Crippen molar-refractivity contribution in [2.24, 2.45) is 29.1 Å². The fourth-order valence-electron chi connectivity index (χ4n) is 8.47. The third-order valence-electron chi connectivity index (χ3n) is 12.7. The van der Waals surface area contributed by atoms with Gasteiger partial charge in [0.2, 0.25) is 33.3 Å². The maximum atomic E-state index is 15.1. The van der Waals surface area contributed by atoms with Gasteiger partial charge in [-0.25, -0.2) is 8.42 Å². The number of nitrogens with zero attached hydrogens (tertiary/aromatic N) is 3. The Morgan fingerprint density at radius 1 is 1.05 bits per heavy atom. The molecule has 1 aromatic carbocycles. The van der Waals surface area contributed by atoms with E-state index in [9.17, 15) is 36.0 Å². The predicted octanol–water partition coefficient (Wildman–Crippen LogP) is 5.49. The van der Waals surface area contributed by atoms with Gasteiger partial charge >= 0.3 is 18.2 Å². The van der Waals surface area contributed by atoms with Crippen LogP contribution in [0.5, 0.6) is 17.6 Å². The van der Waals surface area contributed by atoms with Crippen molar-refractivity contribution in [3.63, 3.8) is 0 Å². The number of ketones is 1. The van der Waals surface area contributed by atoms with E-state index in [0.29, 0.717) is 48.8 Å². The molecule has 1 N–H and O–H groups in total. The molecule has 0 unspecified atom stereocenters. The molecule has 2 amide bonds. The predicted molar refractivity (Wildman–Crippen MR) is 214 cm³/mol. The van der Waals surface area contributed by atoms with Gasteiger partial charge in [0, 0.05) is 26.6 Å². The standard InChI is InChI=1S/C42H55F3N4O11S/c1-24-11-8-9-12-26-20-41(26,37(53)48-61(54,55)40(4)15-16-40)21-31(50)30-18-27(59-38-46-29-13-10-14-32(57-6)34(29)35(47-38)58-7)22-49(30)36(52)28(25(17-24)23-56-5)19-33(51)60-39(2,3)42(43,44)45/h9-10,12-14,24-28,30H,8,11,15-23H2,1-7H3,(H,48,53)/b12-9-/t24-,25-,26+,27+,28-,30-,41+/m0/s1. The highest BCUT2D eigenvalue weighted by Crippen LogP contribution is 2.58. The van der Waals surface area contributed by atoms with Gasteiger partial charge in [-0.2, -0.15) is 23.1 Å². The van der Waals surface area contributed by atoms with Gasteiger partial charge in [-0.1, -0.05) is 25.1 Å². The summed E-state index contributed by atoms with van der Waals surface area (Å²) in [6, 6.07) is 3.70. The van der Waals surface area contributed by atoms with Crippen molar-refractivity contribution < 1.29 is 64.5 Å². The number of amides is 2. The number of fused-ring (bicyclic) bond motifs is 3. The molecule has 1 aromatic heterocycles. The van der Waals surface area contributed by atoms with Crippen LogP contribution >= 0.6 is 0 Å². The minimum atomic E-state index is -4.91. The van der Waals surface area contributed by atoms with E-state index in [1.165, 1.54) is 26.2 Å². The van der Waals surface area contributed by atoms with E-state index in [1.54, 1.807) is 25.1 Å². The molecule has 2 saturated carbocycles. The zero-order valence-corrected chi connectivity index (χ0v) is 36.3. The van der Waals surface area contributed by atoms with E-state index < -0.39 is 98.3 Å². The van der Waals surface area contributed by atoms with Gasteiger partial charge in [-0.05, 0) is 89.2 Å². The third kappa shape index (κ3) is 9.61. The average Bonchev–Trinajstić information content (AvgIpc) is 4.07. The number of ether oxygens (including phenoxy) is 5. The van der Waals surface area contributed by atoms with Crippen LogP contribution in [0.1, 0.15) is 85.5 Å². The maximum absolute atomic E-state index is 15.1. The van der Waals surface area contributed by atoms with E-state index >= 15 is 4.79 Å². The second-order valence-electron chi connectivity index (χ2n) is 17.7. The zero-order valence-electron chi connectivity index (χ0n) is 35.5. The lowest BCUT2D eigenvalue weighted by Crippen LogP contribution is -2.49. The van der Waals surface area contributed by atoms with Crippen LogP contribution in [0.4, 0.5) is 13.2 Å². The Hall–Kier alpha value is -4.52. The fraction of sp³-hybridized carbons (Fsp3) is 0.667. The Morgan fingerprint density at radius 3 is 2.41 bits per heavy atom. The van der Waals surface area contributed by atoms with Gasteiger partial charge in [0.1, 0.15) is 17.2 Å².